The molecule has 32 heavy (non-hydrogen) atoms. The first-order valence-electron chi connectivity index (χ1n) is 12.4. The molecule has 0 aliphatic carbocycles. The molecule has 2 aromatic rings. The minimum Gasteiger partial charge on any atom is -0.493 e. The van der Waals surface area contributed by atoms with Gasteiger partial charge in [-0.15, -0.1) is 0 Å². The van der Waals surface area contributed by atoms with E-state index in [4.69, 9.17) is 4.74 Å². The molecule has 3 nitrogen and oxygen atoms in total. The standard InChI is InChI=1S/C27H40F2N2O/c1-3-5-6-7-8-9-10-11-22-20-30-27(31-21-22)23-12-16-26(17-13-23)32-19-18-25(29)15-14-24(28)4-2/h12-13,16-17,20-21,24-25H,3-11,14-15,18-19H2,1-2H3. The third kappa shape index (κ3) is 10.5. The molecular formula is C27H40F2N2O. The van der Waals surface area contributed by atoms with Crippen molar-refractivity contribution in [2.75, 3.05) is 6.61 Å². The van der Waals surface area contributed by atoms with Gasteiger partial charge in [-0.25, -0.2) is 18.7 Å². The lowest BCUT2D eigenvalue weighted by atomic mass is 10.1. The summed E-state index contributed by atoms with van der Waals surface area (Å²) in [4.78, 5) is 9.03. The molecular weight excluding hydrogens is 406 g/mol. The van der Waals surface area contributed by atoms with Gasteiger partial charge in [-0.2, -0.15) is 0 Å². The Morgan fingerprint density at radius 2 is 1.41 bits per heavy atom. The van der Waals surface area contributed by atoms with E-state index in [2.05, 4.69) is 16.9 Å². The summed E-state index contributed by atoms with van der Waals surface area (Å²) in [5, 5.41) is 0. The number of halogens is 2. The van der Waals surface area contributed by atoms with Crippen LogP contribution < -0.4 is 4.74 Å². The van der Waals surface area contributed by atoms with E-state index in [1.165, 1.54) is 50.5 Å². The van der Waals surface area contributed by atoms with Crippen LogP contribution in [0.25, 0.3) is 11.4 Å². The van der Waals surface area contributed by atoms with Gasteiger partial charge in [-0.3, -0.25) is 0 Å². The second-order valence-corrected chi connectivity index (χ2v) is 8.63. The van der Waals surface area contributed by atoms with Crippen LogP contribution >= 0.6 is 0 Å². The number of hydrogen-bond donors (Lipinski definition) is 0. The average molecular weight is 447 g/mol. The average Bonchev–Trinajstić information content (AvgIpc) is 2.83. The van der Waals surface area contributed by atoms with Gasteiger partial charge in [-0.1, -0.05) is 52.4 Å². The van der Waals surface area contributed by atoms with Crippen LogP contribution in [-0.4, -0.2) is 28.9 Å². The third-order valence-electron chi connectivity index (χ3n) is 5.82. The van der Waals surface area contributed by atoms with Crippen LogP contribution in [0.15, 0.2) is 36.7 Å². The zero-order valence-corrected chi connectivity index (χ0v) is 19.9. The molecule has 0 N–H and O–H groups in total. The smallest absolute Gasteiger partial charge is 0.159 e. The molecule has 1 aromatic heterocycles. The van der Waals surface area contributed by atoms with Crippen LogP contribution in [0.4, 0.5) is 8.78 Å². The number of aryl methyl sites for hydroxylation is 1. The maximum atomic E-state index is 13.8. The van der Waals surface area contributed by atoms with Gasteiger partial charge in [-0.05, 0) is 61.9 Å². The van der Waals surface area contributed by atoms with Gasteiger partial charge in [0.05, 0.1) is 12.8 Å². The van der Waals surface area contributed by atoms with Crippen LogP contribution in [-0.2, 0) is 6.42 Å². The highest BCUT2D eigenvalue weighted by Gasteiger charge is 2.11. The minimum atomic E-state index is -1.02. The van der Waals surface area contributed by atoms with Crippen molar-refractivity contribution in [3.8, 4) is 17.1 Å². The molecule has 2 unspecified atom stereocenters. The maximum Gasteiger partial charge on any atom is 0.159 e. The van der Waals surface area contributed by atoms with Gasteiger partial charge in [0, 0.05) is 24.4 Å². The van der Waals surface area contributed by atoms with E-state index in [0.717, 1.165) is 12.0 Å². The normalized spacial score (nSPS) is 13.1. The molecule has 0 fully saturated rings. The molecule has 0 bridgehead atoms. The summed E-state index contributed by atoms with van der Waals surface area (Å²) in [6.07, 6.45) is 13.3. The van der Waals surface area contributed by atoms with Crippen molar-refractivity contribution >= 4 is 0 Å². The highest BCUT2D eigenvalue weighted by molar-refractivity contribution is 5.55. The van der Waals surface area contributed by atoms with Crippen LogP contribution in [0, 0.1) is 0 Å². The summed E-state index contributed by atoms with van der Waals surface area (Å²) >= 11 is 0. The van der Waals surface area contributed by atoms with E-state index in [0.29, 0.717) is 18.0 Å². The molecule has 5 heteroatoms. The van der Waals surface area contributed by atoms with Gasteiger partial charge in [0.2, 0.25) is 0 Å². The fourth-order valence-corrected chi connectivity index (χ4v) is 3.63. The largest absolute Gasteiger partial charge is 0.493 e. The van der Waals surface area contributed by atoms with Gasteiger partial charge in [0.25, 0.3) is 0 Å². The predicted molar refractivity (Wildman–Crippen MR) is 129 cm³/mol. The monoisotopic (exact) mass is 446 g/mol. The van der Waals surface area contributed by atoms with E-state index in [1.807, 2.05) is 36.7 Å². The van der Waals surface area contributed by atoms with Crippen LogP contribution in [0.1, 0.15) is 90.0 Å². The minimum absolute atomic E-state index is 0.254. The van der Waals surface area contributed by atoms with Crippen molar-refractivity contribution in [1.82, 2.24) is 9.97 Å². The Labute approximate surface area is 193 Å². The second-order valence-electron chi connectivity index (χ2n) is 8.63. The molecule has 0 aliphatic rings. The summed E-state index contributed by atoms with van der Waals surface area (Å²) in [5.41, 5.74) is 2.11. The molecule has 1 heterocycles. The van der Waals surface area contributed by atoms with Gasteiger partial charge >= 0.3 is 0 Å². The number of nitrogens with zero attached hydrogens (tertiary/aromatic N) is 2. The molecule has 2 atom stereocenters. The zero-order valence-electron chi connectivity index (χ0n) is 19.9. The summed E-state index contributed by atoms with van der Waals surface area (Å²) in [6, 6.07) is 7.55. The van der Waals surface area contributed by atoms with Crippen LogP contribution in [0.2, 0.25) is 0 Å². The Bertz CT molecular complexity index is 721. The van der Waals surface area contributed by atoms with E-state index in [9.17, 15) is 8.78 Å². The lowest BCUT2D eigenvalue weighted by Crippen LogP contribution is -2.10. The first-order valence-corrected chi connectivity index (χ1v) is 12.4. The summed E-state index contributed by atoms with van der Waals surface area (Å²) in [7, 11) is 0. The van der Waals surface area contributed by atoms with E-state index < -0.39 is 12.3 Å². The van der Waals surface area contributed by atoms with Crippen molar-refractivity contribution in [1.29, 1.82) is 0 Å². The number of hydrogen-bond acceptors (Lipinski definition) is 3. The summed E-state index contributed by atoms with van der Waals surface area (Å²) in [5.74, 6) is 1.38. The SMILES string of the molecule is CCCCCCCCCc1cnc(-c2ccc(OCCC(F)CCC(F)CC)cc2)nc1. The number of alkyl halides is 2. The number of aromatic nitrogens is 2. The predicted octanol–water partition coefficient (Wildman–Crippen LogP) is 8.07. The van der Waals surface area contributed by atoms with Gasteiger partial charge in [0.15, 0.2) is 5.82 Å². The second kappa shape index (κ2) is 15.7. The third-order valence-corrected chi connectivity index (χ3v) is 5.82. The quantitative estimate of drug-likeness (QED) is 0.230. The fourth-order valence-electron chi connectivity index (χ4n) is 3.63. The molecule has 0 spiro atoms. The summed E-state index contributed by atoms with van der Waals surface area (Å²) < 4.78 is 32.6. The molecule has 178 valence electrons. The number of rotatable bonds is 17. The Morgan fingerprint density at radius 1 is 0.781 bits per heavy atom. The van der Waals surface area contributed by atoms with E-state index in [1.54, 1.807) is 6.92 Å². The molecule has 1 aromatic carbocycles. The Hall–Kier alpha value is -2.04. The van der Waals surface area contributed by atoms with Crippen molar-refractivity contribution < 1.29 is 13.5 Å². The Balaban J connectivity index is 1.68. The summed E-state index contributed by atoms with van der Waals surface area (Å²) in [6.45, 7) is 4.31. The number of unbranched alkanes of at least 4 members (excludes halogenated alkanes) is 6. The van der Waals surface area contributed by atoms with Crippen molar-refractivity contribution in [3.05, 3.63) is 42.2 Å². The molecule has 0 saturated carbocycles. The van der Waals surface area contributed by atoms with E-state index in [-0.39, 0.29) is 25.9 Å². The van der Waals surface area contributed by atoms with Crippen molar-refractivity contribution in [2.45, 2.75) is 103 Å². The van der Waals surface area contributed by atoms with Crippen molar-refractivity contribution in [2.24, 2.45) is 0 Å². The molecule has 0 aliphatic heterocycles. The Kier molecular flexibility index (Phi) is 12.9. The molecule has 0 amide bonds. The van der Waals surface area contributed by atoms with Crippen LogP contribution in [0.3, 0.4) is 0 Å². The number of benzene rings is 1. The Morgan fingerprint density at radius 3 is 2.06 bits per heavy atom. The zero-order chi connectivity index (χ0) is 23.0. The van der Waals surface area contributed by atoms with Gasteiger partial charge in [0.1, 0.15) is 11.9 Å². The number of ether oxygens (including phenoxy) is 1. The molecule has 0 radical (unpaired) electrons. The molecule has 0 saturated heterocycles. The van der Waals surface area contributed by atoms with Gasteiger partial charge < -0.3 is 4.74 Å². The highest BCUT2D eigenvalue weighted by atomic mass is 19.1. The highest BCUT2D eigenvalue weighted by Crippen LogP contribution is 2.20. The first kappa shape index (κ1) is 26.2. The van der Waals surface area contributed by atoms with Crippen LogP contribution in [0.5, 0.6) is 5.75 Å². The first-order chi connectivity index (χ1) is 15.6. The van der Waals surface area contributed by atoms with Crippen molar-refractivity contribution in [3.63, 3.8) is 0 Å². The lowest BCUT2D eigenvalue weighted by molar-refractivity contribution is 0.202. The maximum absolute atomic E-state index is 13.8. The fraction of sp³-hybridized carbons (Fsp3) is 0.630. The lowest BCUT2D eigenvalue weighted by Gasteiger charge is -2.11. The molecule has 2 rings (SSSR count). The van der Waals surface area contributed by atoms with E-state index >= 15 is 0 Å². The topological polar surface area (TPSA) is 35.0 Å².